The number of pyridine rings is 1. The average molecular weight is 434 g/mol. The molecule has 7 heteroatoms. The zero-order chi connectivity index (χ0) is 20.8. The van der Waals surface area contributed by atoms with Gasteiger partial charge in [0.15, 0.2) is 0 Å². The van der Waals surface area contributed by atoms with Gasteiger partial charge in [0.2, 0.25) is 0 Å². The summed E-state index contributed by atoms with van der Waals surface area (Å²) in [5.74, 6) is -0.423. The number of anilines is 2. The topological polar surface area (TPSA) is 71.1 Å². The number of fused-ring (bicyclic) bond motifs is 2. The van der Waals surface area contributed by atoms with Crippen LogP contribution >= 0.6 is 23.2 Å². The molecule has 0 bridgehead atoms. The molecule has 2 aliphatic rings. The molecule has 0 aliphatic carbocycles. The summed E-state index contributed by atoms with van der Waals surface area (Å²) in [4.78, 5) is 29.4. The molecular weight excluding hydrogens is 421 g/mol. The molecule has 146 valence electrons. The minimum Gasteiger partial charge on any atom is -0.321 e. The fraction of sp³-hybridized carbons (Fsp3) is 0. The molecule has 30 heavy (non-hydrogen) atoms. The largest absolute Gasteiger partial charge is 0.321 e. The monoisotopic (exact) mass is 433 g/mol. The molecule has 3 aromatic rings. The van der Waals surface area contributed by atoms with E-state index in [0.29, 0.717) is 44.0 Å². The molecule has 0 radical (unpaired) electrons. The molecule has 2 N–H and O–H groups in total. The fourth-order valence-corrected chi connectivity index (χ4v) is 3.88. The van der Waals surface area contributed by atoms with Crippen molar-refractivity contribution in [3.63, 3.8) is 0 Å². The summed E-state index contributed by atoms with van der Waals surface area (Å²) in [6.45, 7) is 0. The number of nitrogens with one attached hydrogen (secondary N) is 2. The standard InChI is InChI=1S/C23H13Cl2N3O2/c24-12-4-6-20-16(8-12)18(22(29)27-20)10-14-2-1-3-15(26-14)11-19-17-9-13(25)5-7-21(17)28-23(19)30/h1-11H,(H,27,29)(H,28,30)/b18-10-,19-11-. The zero-order valence-corrected chi connectivity index (χ0v) is 16.9. The fourth-order valence-electron chi connectivity index (χ4n) is 3.53. The van der Waals surface area contributed by atoms with Crippen LogP contribution in [0.15, 0.2) is 54.6 Å². The first-order valence-corrected chi connectivity index (χ1v) is 9.86. The summed E-state index contributed by atoms with van der Waals surface area (Å²) in [6, 6.07) is 15.9. The molecule has 2 aromatic carbocycles. The van der Waals surface area contributed by atoms with Crippen LogP contribution in [-0.4, -0.2) is 16.8 Å². The zero-order valence-electron chi connectivity index (χ0n) is 15.4. The second-order valence-corrected chi connectivity index (χ2v) is 7.76. The number of amides is 2. The Hall–Kier alpha value is -3.41. The maximum Gasteiger partial charge on any atom is 0.256 e. The van der Waals surface area contributed by atoms with Crippen molar-refractivity contribution in [1.29, 1.82) is 0 Å². The van der Waals surface area contributed by atoms with Gasteiger partial charge in [-0.3, -0.25) is 9.59 Å². The summed E-state index contributed by atoms with van der Waals surface area (Å²) < 4.78 is 0. The van der Waals surface area contributed by atoms with Gasteiger partial charge in [-0.05, 0) is 60.7 Å². The summed E-state index contributed by atoms with van der Waals surface area (Å²) >= 11 is 12.2. The minimum atomic E-state index is -0.212. The van der Waals surface area contributed by atoms with Gasteiger partial charge < -0.3 is 10.6 Å². The van der Waals surface area contributed by atoms with E-state index in [1.54, 1.807) is 60.7 Å². The van der Waals surface area contributed by atoms with Crippen LogP contribution in [-0.2, 0) is 9.59 Å². The van der Waals surface area contributed by atoms with Crippen LogP contribution in [0.25, 0.3) is 23.3 Å². The third-order valence-electron chi connectivity index (χ3n) is 4.91. The third kappa shape index (κ3) is 3.28. The molecule has 0 fully saturated rings. The van der Waals surface area contributed by atoms with E-state index in [1.807, 2.05) is 6.07 Å². The lowest BCUT2D eigenvalue weighted by Crippen LogP contribution is -2.04. The van der Waals surface area contributed by atoms with Crippen molar-refractivity contribution in [2.45, 2.75) is 0 Å². The highest BCUT2D eigenvalue weighted by Gasteiger charge is 2.25. The summed E-state index contributed by atoms with van der Waals surface area (Å²) in [5, 5.41) is 6.74. The van der Waals surface area contributed by atoms with E-state index in [1.165, 1.54) is 0 Å². The van der Waals surface area contributed by atoms with Crippen molar-refractivity contribution in [3.05, 3.63) is 87.2 Å². The molecule has 2 amide bonds. The van der Waals surface area contributed by atoms with Crippen molar-refractivity contribution in [1.82, 2.24) is 4.98 Å². The lowest BCUT2D eigenvalue weighted by Gasteiger charge is -2.02. The molecule has 5 nitrogen and oxygen atoms in total. The molecule has 5 rings (SSSR count). The average Bonchev–Trinajstić information content (AvgIpc) is 3.19. The number of hydrogen-bond donors (Lipinski definition) is 2. The van der Waals surface area contributed by atoms with Crippen LogP contribution in [0.2, 0.25) is 10.0 Å². The van der Waals surface area contributed by atoms with E-state index in [0.717, 1.165) is 11.1 Å². The van der Waals surface area contributed by atoms with Gasteiger partial charge in [0.05, 0.1) is 22.5 Å². The Morgan fingerprint density at radius 2 is 1.17 bits per heavy atom. The van der Waals surface area contributed by atoms with Gasteiger partial charge in [-0.2, -0.15) is 0 Å². The van der Waals surface area contributed by atoms with Gasteiger partial charge in [-0.15, -0.1) is 0 Å². The van der Waals surface area contributed by atoms with Gasteiger partial charge >= 0.3 is 0 Å². The van der Waals surface area contributed by atoms with Crippen LogP contribution in [0.1, 0.15) is 22.5 Å². The predicted octanol–water partition coefficient (Wildman–Crippen LogP) is 5.37. The Morgan fingerprint density at radius 1 is 0.700 bits per heavy atom. The van der Waals surface area contributed by atoms with Gasteiger partial charge in [0, 0.05) is 32.5 Å². The van der Waals surface area contributed by atoms with Crippen molar-refractivity contribution in [2.24, 2.45) is 0 Å². The number of carbonyl (C=O) groups is 2. The van der Waals surface area contributed by atoms with Crippen molar-refractivity contribution < 1.29 is 9.59 Å². The molecule has 3 heterocycles. The molecule has 1 aromatic heterocycles. The van der Waals surface area contributed by atoms with Crippen LogP contribution in [0.5, 0.6) is 0 Å². The lowest BCUT2D eigenvalue weighted by atomic mass is 10.0. The Bertz CT molecular complexity index is 1210. The number of benzene rings is 2. The number of carbonyl (C=O) groups excluding carboxylic acids is 2. The number of rotatable bonds is 2. The maximum atomic E-state index is 12.4. The molecule has 0 spiro atoms. The minimum absolute atomic E-state index is 0.212. The van der Waals surface area contributed by atoms with E-state index >= 15 is 0 Å². The maximum absolute atomic E-state index is 12.4. The smallest absolute Gasteiger partial charge is 0.256 e. The Kier molecular flexibility index (Phi) is 4.42. The number of aromatic nitrogens is 1. The predicted molar refractivity (Wildman–Crippen MR) is 120 cm³/mol. The summed E-state index contributed by atoms with van der Waals surface area (Å²) in [6.07, 6.45) is 3.41. The first-order chi connectivity index (χ1) is 14.5. The van der Waals surface area contributed by atoms with Gasteiger partial charge in [0.1, 0.15) is 0 Å². The highest BCUT2D eigenvalue weighted by atomic mass is 35.5. The van der Waals surface area contributed by atoms with E-state index in [2.05, 4.69) is 15.6 Å². The number of hydrogen-bond acceptors (Lipinski definition) is 3. The second-order valence-electron chi connectivity index (χ2n) is 6.89. The van der Waals surface area contributed by atoms with Crippen LogP contribution in [0.4, 0.5) is 11.4 Å². The molecule has 0 saturated heterocycles. The molecule has 2 aliphatic heterocycles. The normalized spacial score (nSPS) is 17.1. The van der Waals surface area contributed by atoms with Gasteiger partial charge in [-0.25, -0.2) is 4.98 Å². The first kappa shape index (κ1) is 18.6. The first-order valence-electron chi connectivity index (χ1n) is 9.11. The van der Waals surface area contributed by atoms with Crippen LogP contribution in [0, 0.1) is 0 Å². The van der Waals surface area contributed by atoms with Crippen LogP contribution in [0.3, 0.4) is 0 Å². The Morgan fingerprint density at radius 3 is 1.63 bits per heavy atom. The Balaban J connectivity index is 1.54. The van der Waals surface area contributed by atoms with Gasteiger partial charge in [0.25, 0.3) is 11.8 Å². The highest BCUT2D eigenvalue weighted by molar-refractivity contribution is 6.37. The van der Waals surface area contributed by atoms with Crippen molar-refractivity contribution >= 4 is 69.7 Å². The summed E-state index contributed by atoms with van der Waals surface area (Å²) in [5.41, 5.74) is 5.05. The molecule has 0 atom stereocenters. The molecule has 0 unspecified atom stereocenters. The van der Waals surface area contributed by atoms with E-state index in [4.69, 9.17) is 23.2 Å². The van der Waals surface area contributed by atoms with Crippen molar-refractivity contribution in [2.75, 3.05) is 10.6 Å². The van der Waals surface area contributed by atoms with E-state index in [9.17, 15) is 9.59 Å². The van der Waals surface area contributed by atoms with E-state index < -0.39 is 0 Å². The van der Waals surface area contributed by atoms with Gasteiger partial charge in [-0.1, -0.05) is 29.3 Å². The third-order valence-corrected chi connectivity index (χ3v) is 5.38. The molecule has 0 saturated carbocycles. The number of nitrogens with zero attached hydrogens (tertiary/aromatic N) is 1. The lowest BCUT2D eigenvalue weighted by molar-refractivity contribution is -0.111. The van der Waals surface area contributed by atoms with Crippen molar-refractivity contribution in [3.8, 4) is 0 Å². The SMILES string of the molecule is O=C1Nc2ccc(Cl)cc2/C1=C/c1cccc(/C=C2\C(=O)Nc3ccc(Cl)cc32)n1. The van der Waals surface area contributed by atoms with Crippen LogP contribution < -0.4 is 10.6 Å². The highest BCUT2D eigenvalue weighted by Crippen LogP contribution is 2.36. The summed E-state index contributed by atoms with van der Waals surface area (Å²) in [7, 11) is 0. The van der Waals surface area contributed by atoms with E-state index in [-0.39, 0.29) is 11.8 Å². The number of halogens is 2. The Labute approximate surface area is 182 Å². The molecular formula is C23H13Cl2N3O2. The quantitative estimate of drug-likeness (QED) is 0.533. The second kappa shape index (κ2) is 7.13.